The second-order valence-corrected chi connectivity index (χ2v) is 7.30. The molecule has 0 aliphatic heterocycles. The fourth-order valence-corrected chi connectivity index (χ4v) is 3.36. The van der Waals surface area contributed by atoms with Gasteiger partial charge in [-0.15, -0.1) is 23.1 Å². The first kappa shape index (κ1) is 20.0. The van der Waals surface area contributed by atoms with E-state index in [1.807, 2.05) is 30.5 Å². The third-order valence-electron chi connectivity index (χ3n) is 3.61. The molecule has 0 bridgehead atoms. The van der Waals surface area contributed by atoms with Crippen molar-refractivity contribution in [3.05, 3.63) is 52.2 Å². The Kier molecular flexibility index (Phi) is 7.68. The van der Waals surface area contributed by atoms with E-state index in [2.05, 4.69) is 10.6 Å². The van der Waals surface area contributed by atoms with Crippen LogP contribution in [0.3, 0.4) is 0 Å². The Bertz CT molecular complexity index is 745. The van der Waals surface area contributed by atoms with Gasteiger partial charge in [-0.2, -0.15) is 0 Å². The number of hydrogen-bond acceptors (Lipinski definition) is 5. The van der Waals surface area contributed by atoms with E-state index < -0.39 is 12.0 Å². The minimum Gasteiger partial charge on any atom is -0.481 e. The molecule has 3 N–H and O–H groups in total. The standard InChI is InChI=1S/C18H20N2O4S2/c1-25-13-6-4-12(5-7-13)14(11-17(22)23)20-16(21)8-9-19-18(24)15-3-2-10-26-15/h2-7,10,14H,8-9,11H2,1H3,(H,19,24)(H,20,21)(H,22,23). The van der Waals surface area contributed by atoms with Crippen LogP contribution in [0.4, 0.5) is 0 Å². The minimum absolute atomic E-state index is 0.0795. The van der Waals surface area contributed by atoms with Crippen molar-refractivity contribution in [1.82, 2.24) is 10.6 Å². The van der Waals surface area contributed by atoms with E-state index in [9.17, 15) is 14.4 Å². The normalized spacial score (nSPS) is 11.6. The van der Waals surface area contributed by atoms with Crippen molar-refractivity contribution >= 4 is 40.9 Å². The fraction of sp³-hybridized carbons (Fsp3) is 0.278. The van der Waals surface area contributed by atoms with Gasteiger partial charge in [-0.05, 0) is 35.4 Å². The maximum atomic E-state index is 12.1. The van der Waals surface area contributed by atoms with Gasteiger partial charge < -0.3 is 15.7 Å². The van der Waals surface area contributed by atoms with Crippen molar-refractivity contribution in [2.24, 2.45) is 0 Å². The molecule has 1 aromatic heterocycles. The molecule has 2 amide bonds. The molecular weight excluding hydrogens is 372 g/mol. The summed E-state index contributed by atoms with van der Waals surface area (Å²) >= 11 is 2.91. The number of nitrogens with one attached hydrogen (secondary N) is 2. The number of thioether (sulfide) groups is 1. The van der Waals surface area contributed by atoms with Crippen LogP contribution in [0.15, 0.2) is 46.7 Å². The van der Waals surface area contributed by atoms with E-state index >= 15 is 0 Å². The highest BCUT2D eigenvalue weighted by atomic mass is 32.2. The molecule has 1 unspecified atom stereocenters. The maximum Gasteiger partial charge on any atom is 0.305 e. The van der Waals surface area contributed by atoms with Crippen LogP contribution < -0.4 is 10.6 Å². The molecule has 26 heavy (non-hydrogen) atoms. The molecule has 8 heteroatoms. The molecule has 0 aliphatic carbocycles. The molecule has 1 atom stereocenters. The number of rotatable bonds is 9. The van der Waals surface area contributed by atoms with Crippen LogP contribution in [-0.2, 0) is 9.59 Å². The number of carboxylic acids is 1. The highest BCUT2D eigenvalue weighted by Gasteiger charge is 2.18. The monoisotopic (exact) mass is 392 g/mol. The maximum absolute atomic E-state index is 12.1. The molecule has 1 aromatic carbocycles. The summed E-state index contributed by atoms with van der Waals surface area (Å²) in [6.45, 7) is 0.188. The summed E-state index contributed by atoms with van der Waals surface area (Å²) in [5, 5.41) is 16.3. The Morgan fingerprint density at radius 1 is 1.19 bits per heavy atom. The number of thiophene rings is 1. The summed E-state index contributed by atoms with van der Waals surface area (Å²) < 4.78 is 0. The van der Waals surface area contributed by atoms with Crippen LogP contribution >= 0.6 is 23.1 Å². The number of aliphatic carboxylic acids is 1. The molecule has 0 saturated heterocycles. The minimum atomic E-state index is -0.991. The predicted octanol–water partition coefficient (Wildman–Crippen LogP) is 2.92. The van der Waals surface area contributed by atoms with E-state index in [1.54, 1.807) is 29.3 Å². The van der Waals surface area contributed by atoms with E-state index in [0.717, 1.165) is 10.5 Å². The first-order valence-electron chi connectivity index (χ1n) is 7.96. The SMILES string of the molecule is CSc1ccc(C(CC(=O)O)NC(=O)CCNC(=O)c2cccs2)cc1. The zero-order valence-corrected chi connectivity index (χ0v) is 15.9. The number of amides is 2. The summed E-state index contributed by atoms with van der Waals surface area (Å²) in [6.07, 6.45) is 1.83. The van der Waals surface area contributed by atoms with Crippen LogP contribution in [0.5, 0.6) is 0 Å². The Balaban J connectivity index is 1.89. The Morgan fingerprint density at radius 3 is 2.50 bits per heavy atom. The van der Waals surface area contributed by atoms with Crippen molar-refractivity contribution in [2.45, 2.75) is 23.8 Å². The number of benzene rings is 1. The van der Waals surface area contributed by atoms with Crippen LogP contribution in [0, 0.1) is 0 Å². The third kappa shape index (κ3) is 6.20. The number of carbonyl (C=O) groups excluding carboxylic acids is 2. The van der Waals surface area contributed by atoms with Crippen molar-refractivity contribution < 1.29 is 19.5 Å². The first-order chi connectivity index (χ1) is 12.5. The van der Waals surface area contributed by atoms with E-state index in [0.29, 0.717) is 4.88 Å². The molecule has 0 saturated carbocycles. The Hall–Kier alpha value is -2.32. The third-order valence-corrected chi connectivity index (χ3v) is 5.23. The lowest BCUT2D eigenvalue weighted by Gasteiger charge is -2.18. The lowest BCUT2D eigenvalue weighted by atomic mass is 10.0. The molecular formula is C18H20N2O4S2. The summed E-state index contributed by atoms with van der Waals surface area (Å²) in [7, 11) is 0. The number of hydrogen-bond donors (Lipinski definition) is 3. The van der Waals surface area contributed by atoms with Gasteiger partial charge in [-0.25, -0.2) is 0 Å². The summed E-state index contributed by atoms with van der Waals surface area (Å²) in [6, 6.07) is 10.3. The van der Waals surface area contributed by atoms with Gasteiger partial charge in [0.1, 0.15) is 0 Å². The van der Waals surface area contributed by atoms with Crippen LogP contribution in [0.1, 0.15) is 34.1 Å². The van der Waals surface area contributed by atoms with E-state index in [4.69, 9.17) is 5.11 Å². The topological polar surface area (TPSA) is 95.5 Å². The average molecular weight is 393 g/mol. The smallest absolute Gasteiger partial charge is 0.305 e. The molecule has 0 aliphatic rings. The number of carbonyl (C=O) groups is 3. The fourth-order valence-electron chi connectivity index (χ4n) is 2.31. The van der Waals surface area contributed by atoms with Crippen molar-refractivity contribution in [1.29, 1.82) is 0 Å². The molecule has 138 valence electrons. The van der Waals surface area contributed by atoms with Gasteiger partial charge in [0.25, 0.3) is 5.91 Å². The Morgan fingerprint density at radius 2 is 1.92 bits per heavy atom. The molecule has 1 heterocycles. The molecule has 2 aromatic rings. The molecule has 0 radical (unpaired) electrons. The van der Waals surface area contributed by atoms with Gasteiger partial charge in [0.05, 0.1) is 17.3 Å². The largest absolute Gasteiger partial charge is 0.481 e. The first-order valence-corrected chi connectivity index (χ1v) is 10.1. The highest BCUT2D eigenvalue weighted by Crippen LogP contribution is 2.21. The lowest BCUT2D eigenvalue weighted by molar-refractivity contribution is -0.137. The second-order valence-electron chi connectivity index (χ2n) is 5.47. The van der Waals surface area contributed by atoms with Gasteiger partial charge in [0, 0.05) is 17.9 Å². The number of carboxylic acid groups (broad SMARTS) is 1. The quantitative estimate of drug-likeness (QED) is 0.570. The van der Waals surface area contributed by atoms with Gasteiger partial charge in [0.2, 0.25) is 5.91 Å². The summed E-state index contributed by atoms with van der Waals surface area (Å²) in [5.74, 6) is -1.52. The van der Waals surface area contributed by atoms with Crippen molar-refractivity contribution in [2.75, 3.05) is 12.8 Å². The van der Waals surface area contributed by atoms with Crippen LogP contribution in [-0.4, -0.2) is 35.7 Å². The van der Waals surface area contributed by atoms with E-state index in [-0.39, 0.29) is 31.2 Å². The molecule has 6 nitrogen and oxygen atoms in total. The average Bonchev–Trinajstić information content (AvgIpc) is 3.15. The summed E-state index contributed by atoms with van der Waals surface area (Å²) in [4.78, 5) is 36.7. The molecule has 0 spiro atoms. The van der Waals surface area contributed by atoms with E-state index in [1.165, 1.54) is 11.3 Å². The Labute approximate surface area is 160 Å². The van der Waals surface area contributed by atoms with Gasteiger partial charge in [-0.3, -0.25) is 14.4 Å². The zero-order chi connectivity index (χ0) is 18.9. The van der Waals surface area contributed by atoms with Crippen molar-refractivity contribution in [3.63, 3.8) is 0 Å². The molecule has 0 fully saturated rings. The zero-order valence-electron chi connectivity index (χ0n) is 14.2. The lowest BCUT2D eigenvalue weighted by Crippen LogP contribution is -2.33. The summed E-state index contributed by atoms with van der Waals surface area (Å²) in [5.41, 5.74) is 0.737. The van der Waals surface area contributed by atoms with Crippen molar-refractivity contribution in [3.8, 4) is 0 Å². The van der Waals surface area contributed by atoms with Gasteiger partial charge in [-0.1, -0.05) is 18.2 Å². The van der Waals surface area contributed by atoms with Gasteiger partial charge >= 0.3 is 5.97 Å². The van der Waals surface area contributed by atoms with Crippen LogP contribution in [0.2, 0.25) is 0 Å². The second kappa shape index (κ2) is 9.98. The van der Waals surface area contributed by atoms with Crippen LogP contribution in [0.25, 0.3) is 0 Å². The predicted molar refractivity (Wildman–Crippen MR) is 103 cm³/mol. The highest BCUT2D eigenvalue weighted by molar-refractivity contribution is 7.98. The van der Waals surface area contributed by atoms with Gasteiger partial charge in [0.15, 0.2) is 0 Å². The molecule has 2 rings (SSSR count).